The second-order valence-corrected chi connectivity index (χ2v) is 8.49. The van der Waals surface area contributed by atoms with Crippen molar-refractivity contribution in [1.29, 1.82) is 0 Å². The van der Waals surface area contributed by atoms with Crippen molar-refractivity contribution in [2.24, 2.45) is 0 Å². The predicted molar refractivity (Wildman–Crippen MR) is 119 cm³/mol. The summed E-state index contributed by atoms with van der Waals surface area (Å²) >= 11 is 5.93. The normalized spacial score (nSPS) is 20.7. The second kappa shape index (κ2) is 9.52. The summed E-state index contributed by atoms with van der Waals surface area (Å²) < 4.78 is 0. The molecule has 6 nitrogen and oxygen atoms in total. The van der Waals surface area contributed by atoms with Crippen LogP contribution in [0.15, 0.2) is 54.6 Å². The van der Waals surface area contributed by atoms with Crippen molar-refractivity contribution >= 4 is 29.3 Å². The monoisotopic (exact) mass is 439 g/mol. The molecule has 162 valence electrons. The van der Waals surface area contributed by atoms with Gasteiger partial charge < -0.3 is 15.1 Å². The van der Waals surface area contributed by atoms with Crippen LogP contribution in [0.25, 0.3) is 0 Å². The van der Waals surface area contributed by atoms with Crippen LogP contribution in [-0.2, 0) is 16.1 Å². The van der Waals surface area contributed by atoms with Crippen molar-refractivity contribution in [1.82, 2.24) is 15.1 Å². The van der Waals surface area contributed by atoms with E-state index in [2.05, 4.69) is 5.32 Å². The summed E-state index contributed by atoms with van der Waals surface area (Å²) in [5.41, 5.74) is 1.53. The molecule has 1 N–H and O–H groups in total. The lowest BCUT2D eigenvalue weighted by Crippen LogP contribution is -2.52. The van der Waals surface area contributed by atoms with E-state index < -0.39 is 12.1 Å². The molecule has 0 spiro atoms. The van der Waals surface area contributed by atoms with Crippen LogP contribution >= 0.6 is 11.6 Å². The van der Waals surface area contributed by atoms with Crippen LogP contribution in [0.1, 0.15) is 41.6 Å². The Morgan fingerprint density at radius 1 is 0.871 bits per heavy atom. The number of nitrogens with zero attached hydrogens (tertiary/aromatic N) is 2. The topological polar surface area (TPSA) is 69.7 Å². The van der Waals surface area contributed by atoms with Gasteiger partial charge in [-0.3, -0.25) is 14.4 Å². The zero-order valence-corrected chi connectivity index (χ0v) is 18.1. The number of halogens is 1. The first-order valence-electron chi connectivity index (χ1n) is 10.7. The predicted octanol–water partition coefficient (Wildman–Crippen LogP) is 3.25. The lowest BCUT2D eigenvalue weighted by molar-refractivity contribution is -0.141. The third-order valence-corrected chi connectivity index (χ3v) is 6.29. The molecular formula is C24H26ClN3O3. The fraction of sp³-hybridized carbons (Fsp3) is 0.375. The van der Waals surface area contributed by atoms with E-state index in [-0.39, 0.29) is 17.7 Å². The SMILES string of the molecule is O=C(NCc1ccccc1)[C@@H]1CCCN1C(=O)[C@H]1CCCN1C(=O)c1ccc(Cl)cc1. The Bertz CT molecular complexity index is 948. The van der Waals surface area contributed by atoms with Crippen LogP contribution in [0, 0.1) is 0 Å². The molecule has 0 saturated carbocycles. The van der Waals surface area contributed by atoms with Gasteiger partial charge in [-0.25, -0.2) is 0 Å². The van der Waals surface area contributed by atoms with Crippen molar-refractivity contribution in [3.63, 3.8) is 0 Å². The third kappa shape index (κ3) is 4.74. The fourth-order valence-electron chi connectivity index (χ4n) is 4.42. The van der Waals surface area contributed by atoms with Crippen molar-refractivity contribution < 1.29 is 14.4 Å². The van der Waals surface area contributed by atoms with E-state index in [1.54, 1.807) is 34.1 Å². The minimum absolute atomic E-state index is 0.128. The average molecular weight is 440 g/mol. The second-order valence-electron chi connectivity index (χ2n) is 8.06. The first kappa shape index (κ1) is 21.4. The van der Waals surface area contributed by atoms with Gasteiger partial charge in [0, 0.05) is 30.2 Å². The summed E-state index contributed by atoms with van der Waals surface area (Å²) in [6.07, 6.45) is 2.82. The van der Waals surface area contributed by atoms with Crippen LogP contribution in [0.2, 0.25) is 5.02 Å². The minimum atomic E-state index is -0.522. The molecule has 4 rings (SSSR count). The van der Waals surface area contributed by atoms with E-state index in [0.717, 1.165) is 18.4 Å². The molecule has 0 unspecified atom stereocenters. The molecule has 0 bridgehead atoms. The maximum atomic E-state index is 13.4. The largest absolute Gasteiger partial charge is 0.350 e. The number of likely N-dealkylation sites (tertiary alicyclic amines) is 2. The summed E-state index contributed by atoms with van der Waals surface area (Å²) in [5, 5.41) is 3.52. The first-order chi connectivity index (χ1) is 15.0. The number of hydrogen-bond donors (Lipinski definition) is 1. The van der Waals surface area contributed by atoms with Gasteiger partial charge in [0.15, 0.2) is 0 Å². The highest BCUT2D eigenvalue weighted by atomic mass is 35.5. The zero-order chi connectivity index (χ0) is 21.8. The highest BCUT2D eigenvalue weighted by Gasteiger charge is 2.42. The molecule has 0 aliphatic carbocycles. The van der Waals surface area contributed by atoms with Crippen LogP contribution in [-0.4, -0.2) is 52.7 Å². The third-order valence-electron chi connectivity index (χ3n) is 6.04. The molecule has 0 radical (unpaired) electrons. The van der Waals surface area contributed by atoms with Gasteiger partial charge in [0.25, 0.3) is 5.91 Å². The van der Waals surface area contributed by atoms with E-state index in [0.29, 0.717) is 43.1 Å². The van der Waals surface area contributed by atoms with Gasteiger partial charge >= 0.3 is 0 Å². The molecule has 3 amide bonds. The molecule has 2 saturated heterocycles. The van der Waals surface area contributed by atoms with Crippen LogP contribution in [0.4, 0.5) is 0 Å². The smallest absolute Gasteiger partial charge is 0.254 e. The molecule has 0 aromatic heterocycles. The Balaban J connectivity index is 1.42. The molecule has 2 aliphatic heterocycles. The number of benzene rings is 2. The van der Waals surface area contributed by atoms with Gasteiger partial charge in [-0.1, -0.05) is 41.9 Å². The van der Waals surface area contributed by atoms with Gasteiger partial charge in [0.05, 0.1) is 0 Å². The number of carbonyl (C=O) groups excluding carboxylic acids is 3. The molecule has 2 aromatic rings. The maximum absolute atomic E-state index is 13.4. The summed E-state index contributed by atoms with van der Waals surface area (Å²) in [4.78, 5) is 42.5. The molecule has 2 atom stereocenters. The van der Waals surface area contributed by atoms with Crippen LogP contribution in [0.3, 0.4) is 0 Å². The maximum Gasteiger partial charge on any atom is 0.254 e. The fourth-order valence-corrected chi connectivity index (χ4v) is 4.55. The molecule has 2 aliphatic rings. The van der Waals surface area contributed by atoms with Gasteiger partial charge in [0.2, 0.25) is 11.8 Å². The summed E-state index contributed by atoms with van der Waals surface area (Å²) in [6.45, 7) is 1.51. The average Bonchev–Trinajstić information content (AvgIpc) is 3.48. The van der Waals surface area contributed by atoms with E-state index in [1.165, 1.54) is 0 Å². The van der Waals surface area contributed by atoms with Crippen molar-refractivity contribution in [3.05, 3.63) is 70.7 Å². The minimum Gasteiger partial charge on any atom is -0.350 e. The number of amides is 3. The Labute approximate surface area is 187 Å². The van der Waals surface area contributed by atoms with Crippen LogP contribution in [0.5, 0.6) is 0 Å². The van der Waals surface area contributed by atoms with Crippen molar-refractivity contribution in [2.75, 3.05) is 13.1 Å². The molecule has 2 fully saturated rings. The lowest BCUT2D eigenvalue weighted by atomic mass is 10.1. The molecule has 2 aromatic carbocycles. The number of nitrogens with one attached hydrogen (secondary N) is 1. The number of carbonyl (C=O) groups is 3. The summed E-state index contributed by atoms with van der Waals surface area (Å²) in [6, 6.07) is 15.4. The Morgan fingerprint density at radius 2 is 1.52 bits per heavy atom. The number of rotatable bonds is 5. The van der Waals surface area contributed by atoms with E-state index in [4.69, 9.17) is 11.6 Å². The quantitative estimate of drug-likeness (QED) is 0.777. The lowest BCUT2D eigenvalue weighted by Gasteiger charge is -2.31. The van der Waals surface area contributed by atoms with Crippen LogP contribution < -0.4 is 5.32 Å². The Hall–Kier alpha value is -2.86. The van der Waals surface area contributed by atoms with E-state index in [1.807, 2.05) is 30.3 Å². The highest BCUT2D eigenvalue weighted by Crippen LogP contribution is 2.26. The molecule has 7 heteroatoms. The molecule has 31 heavy (non-hydrogen) atoms. The van der Waals surface area contributed by atoms with Crippen molar-refractivity contribution in [2.45, 2.75) is 44.3 Å². The summed E-state index contributed by atoms with van der Waals surface area (Å²) in [7, 11) is 0. The van der Waals surface area contributed by atoms with Crippen molar-refractivity contribution in [3.8, 4) is 0 Å². The first-order valence-corrected chi connectivity index (χ1v) is 11.1. The van der Waals surface area contributed by atoms with Gasteiger partial charge in [-0.15, -0.1) is 0 Å². The molecule has 2 heterocycles. The summed E-state index contributed by atoms with van der Waals surface area (Å²) in [5.74, 6) is -0.433. The number of hydrogen-bond acceptors (Lipinski definition) is 3. The van der Waals surface area contributed by atoms with E-state index in [9.17, 15) is 14.4 Å². The standard InChI is InChI=1S/C24H26ClN3O3/c25-19-12-10-18(11-13-19)23(30)28-15-5-9-21(28)24(31)27-14-4-8-20(27)22(29)26-16-17-6-2-1-3-7-17/h1-3,6-7,10-13,20-21H,4-5,8-9,14-16H2,(H,26,29)/t20-,21+/m0/s1. The van der Waals surface area contributed by atoms with Gasteiger partial charge in [-0.2, -0.15) is 0 Å². The van der Waals surface area contributed by atoms with Gasteiger partial charge in [0.1, 0.15) is 12.1 Å². The van der Waals surface area contributed by atoms with E-state index >= 15 is 0 Å². The Morgan fingerprint density at radius 3 is 2.23 bits per heavy atom. The Kier molecular flexibility index (Phi) is 6.56. The highest BCUT2D eigenvalue weighted by molar-refractivity contribution is 6.30. The van der Waals surface area contributed by atoms with Gasteiger partial charge in [-0.05, 0) is 55.5 Å². The molecular weight excluding hydrogens is 414 g/mol. The zero-order valence-electron chi connectivity index (χ0n) is 17.3.